The Bertz CT molecular complexity index is 1430. The van der Waals surface area contributed by atoms with E-state index in [-0.39, 0.29) is 17.7 Å². The number of fused-ring (bicyclic) bond motifs is 2. The van der Waals surface area contributed by atoms with Crippen molar-refractivity contribution >= 4 is 136 Å². The van der Waals surface area contributed by atoms with Gasteiger partial charge in [0.15, 0.2) is 6.61 Å². The number of nitrogens with one attached hydrogen (secondary N) is 1. The average Bonchev–Trinajstić information content (AvgIpc) is 3.38. The lowest BCUT2D eigenvalue weighted by atomic mass is 9.88. The first-order chi connectivity index (χ1) is 19.3. The summed E-state index contributed by atoms with van der Waals surface area (Å²) in [5, 5.41) is 3.10. The summed E-state index contributed by atoms with van der Waals surface area (Å²) < 4.78 is 13.7. The third kappa shape index (κ3) is 6.45. The molecule has 2 unspecified atom stereocenters. The normalized spacial score (nSPS) is 16.9. The highest BCUT2D eigenvalue weighted by Gasteiger charge is 2.48. The summed E-state index contributed by atoms with van der Waals surface area (Å²) in [6, 6.07) is -1.22. The van der Waals surface area contributed by atoms with E-state index in [2.05, 4.69) is 103 Å². The molecule has 2 atom stereocenters. The van der Waals surface area contributed by atoms with Crippen LogP contribution in [-0.4, -0.2) is 53.8 Å². The number of anilines is 1. The van der Waals surface area contributed by atoms with Crippen LogP contribution in [0.3, 0.4) is 0 Å². The number of thiophene rings is 1. The monoisotopic (exact) mass is 1030 g/mol. The van der Waals surface area contributed by atoms with Gasteiger partial charge in [-0.15, -0.1) is 11.3 Å². The Kier molecular flexibility index (Phi) is 11.0. The molecule has 2 heterocycles. The van der Waals surface area contributed by atoms with Crippen LogP contribution >= 0.6 is 102 Å². The maximum atomic E-state index is 13.5. The first kappa shape index (κ1) is 33.3. The van der Waals surface area contributed by atoms with E-state index in [0.717, 1.165) is 41.7 Å². The molecule has 0 radical (unpaired) electrons. The van der Waals surface area contributed by atoms with Crippen LogP contribution in [0.2, 0.25) is 0 Å². The lowest BCUT2D eigenvalue weighted by Crippen LogP contribution is -2.49. The number of carbonyl (C=O) groups is 5. The molecule has 1 N–H and O–H groups in total. The van der Waals surface area contributed by atoms with Gasteiger partial charge in [0.2, 0.25) is 0 Å². The largest absolute Gasteiger partial charge is 0.462 e. The quantitative estimate of drug-likeness (QED) is 0.109. The number of halogens is 4. The van der Waals surface area contributed by atoms with Crippen LogP contribution in [0.5, 0.6) is 0 Å². The van der Waals surface area contributed by atoms with E-state index in [0.29, 0.717) is 23.6 Å². The van der Waals surface area contributed by atoms with Gasteiger partial charge >= 0.3 is 11.9 Å². The minimum absolute atomic E-state index is 0.204. The van der Waals surface area contributed by atoms with Gasteiger partial charge in [-0.3, -0.25) is 19.3 Å². The molecule has 1 aliphatic carbocycles. The average molecular weight is 1030 g/mol. The van der Waals surface area contributed by atoms with Gasteiger partial charge in [-0.1, -0.05) is 20.8 Å². The third-order valence-electron chi connectivity index (χ3n) is 6.87. The van der Waals surface area contributed by atoms with Crippen LogP contribution in [0.1, 0.15) is 75.6 Å². The van der Waals surface area contributed by atoms with Gasteiger partial charge in [-0.2, -0.15) is 0 Å². The second kappa shape index (κ2) is 13.6. The number of carbonyl (C=O) groups excluding carboxylic acids is 5. The number of hydrogen-bond acceptors (Lipinski definition) is 8. The lowest BCUT2D eigenvalue weighted by molar-refractivity contribution is -0.152. The Morgan fingerprint density at radius 3 is 2.12 bits per heavy atom. The molecule has 220 valence electrons. The molecule has 0 bridgehead atoms. The molecule has 2 aromatic rings. The third-order valence-corrected chi connectivity index (χ3v) is 15.5. The molecule has 0 saturated carbocycles. The molecule has 0 saturated heterocycles. The first-order valence-electron chi connectivity index (χ1n) is 12.8. The van der Waals surface area contributed by atoms with E-state index in [9.17, 15) is 24.0 Å². The highest BCUT2D eigenvalue weighted by atomic mass is 127. The van der Waals surface area contributed by atoms with Crippen LogP contribution < -0.4 is 5.32 Å². The van der Waals surface area contributed by atoms with Crippen molar-refractivity contribution in [3.05, 3.63) is 41.4 Å². The van der Waals surface area contributed by atoms with Gasteiger partial charge in [-0.25, -0.2) is 9.59 Å². The van der Waals surface area contributed by atoms with Crippen molar-refractivity contribution in [2.45, 2.75) is 53.0 Å². The summed E-state index contributed by atoms with van der Waals surface area (Å²) in [5.41, 5.74) is 1.82. The zero-order valence-corrected chi connectivity index (χ0v) is 31.9. The highest BCUT2D eigenvalue weighted by molar-refractivity contribution is 14.1. The molecule has 3 amide bonds. The molecule has 4 rings (SSSR count). The zero-order valence-electron chi connectivity index (χ0n) is 22.5. The van der Waals surface area contributed by atoms with Crippen molar-refractivity contribution < 1.29 is 33.4 Å². The van der Waals surface area contributed by atoms with Crippen LogP contribution in [0.25, 0.3) is 0 Å². The fourth-order valence-electron chi connectivity index (χ4n) is 4.94. The first-order valence-corrected chi connectivity index (χ1v) is 17.9. The standard InChI is InChI=1S/C27H26I4N2O7S/c1-5-39-26(37)15-12-7-6-11(4)8-13(12)41-23(15)32-14(34)9-40-27(38)22(10(2)3)33-24(35)16-17(25(33)36)19(29)21(31)20(30)18(16)28/h10-11,22H,5-9H2,1-4H3,(H,32,34). The van der Waals surface area contributed by atoms with Crippen LogP contribution in [0, 0.1) is 26.1 Å². The highest BCUT2D eigenvalue weighted by Crippen LogP contribution is 2.41. The zero-order chi connectivity index (χ0) is 30.3. The molecule has 1 aromatic heterocycles. The number of nitrogens with zero attached hydrogens (tertiary/aromatic N) is 1. The van der Waals surface area contributed by atoms with Gasteiger partial charge < -0.3 is 14.8 Å². The summed E-state index contributed by atoms with van der Waals surface area (Å²) in [6.07, 6.45) is 2.47. The Morgan fingerprint density at radius 1 is 1.00 bits per heavy atom. The van der Waals surface area contributed by atoms with Crippen LogP contribution in [0.4, 0.5) is 5.00 Å². The van der Waals surface area contributed by atoms with Crippen molar-refractivity contribution in [1.29, 1.82) is 0 Å². The molecular weight excluding hydrogens is 1000 g/mol. The maximum absolute atomic E-state index is 13.5. The lowest BCUT2D eigenvalue weighted by Gasteiger charge is -2.27. The topological polar surface area (TPSA) is 119 Å². The number of hydrogen-bond donors (Lipinski definition) is 1. The number of esters is 2. The summed E-state index contributed by atoms with van der Waals surface area (Å²) in [6.45, 7) is 6.85. The predicted molar refractivity (Wildman–Crippen MR) is 187 cm³/mol. The van der Waals surface area contributed by atoms with E-state index in [4.69, 9.17) is 9.47 Å². The van der Waals surface area contributed by atoms with Crippen molar-refractivity contribution in [1.82, 2.24) is 4.90 Å². The van der Waals surface area contributed by atoms with Gasteiger partial charge in [0.1, 0.15) is 11.0 Å². The van der Waals surface area contributed by atoms with Gasteiger partial charge in [-0.05, 0) is 134 Å². The minimum Gasteiger partial charge on any atom is -0.462 e. The van der Waals surface area contributed by atoms with Crippen molar-refractivity contribution in [3.63, 3.8) is 0 Å². The van der Waals surface area contributed by atoms with Gasteiger partial charge in [0.05, 0.1) is 23.3 Å². The summed E-state index contributed by atoms with van der Waals surface area (Å²) in [4.78, 5) is 68.0. The summed E-state index contributed by atoms with van der Waals surface area (Å²) >= 11 is 9.73. The number of ether oxygens (including phenoxy) is 2. The van der Waals surface area contributed by atoms with E-state index in [1.165, 1.54) is 11.3 Å². The minimum atomic E-state index is -1.22. The smallest absolute Gasteiger partial charge is 0.341 e. The van der Waals surface area contributed by atoms with Gasteiger partial charge in [0.25, 0.3) is 17.7 Å². The molecule has 41 heavy (non-hydrogen) atoms. The van der Waals surface area contributed by atoms with E-state index >= 15 is 0 Å². The Labute approximate surface area is 296 Å². The number of benzene rings is 1. The molecular formula is C27H26I4N2O7S. The van der Waals surface area contributed by atoms with E-state index < -0.39 is 48.2 Å². The van der Waals surface area contributed by atoms with Crippen molar-refractivity contribution in [2.24, 2.45) is 11.8 Å². The molecule has 1 aromatic carbocycles. The number of amides is 3. The predicted octanol–water partition coefficient (Wildman–Crippen LogP) is 6.27. The van der Waals surface area contributed by atoms with Crippen molar-refractivity contribution in [2.75, 3.05) is 18.5 Å². The Morgan fingerprint density at radius 2 is 1.59 bits per heavy atom. The number of imide groups is 1. The second-order valence-corrected chi connectivity index (χ2v) is 15.5. The van der Waals surface area contributed by atoms with Crippen molar-refractivity contribution in [3.8, 4) is 0 Å². The fraction of sp³-hybridized carbons (Fsp3) is 0.444. The Hall–Kier alpha value is -0.610. The molecule has 2 aliphatic rings. The fourth-order valence-corrected chi connectivity index (χ4v) is 10.0. The number of rotatable bonds is 8. The second-order valence-electron chi connectivity index (χ2n) is 10.1. The SMILES string of the molecule is CCOC(=O)c1c(NC(=O)COC(=O)C(C(C)C)N2C(=O)c3c(I)c(I)c(I)c(I)c3C2=O)sc2c1CCC(C)C2. The van der Waals surface area contributed by atoms with Gasteiger partial charge in [0, 0.05) is 19.2 Å². The summed E-state index contributed by atoms with van der Waals surface area (Å²) in [7, 11) is 0. The van der Waals surface area contributed by atoms with Crippen LogP contribution in [0.15, 0.2) is 0 Å². The maximum Gasteiger partial charge on any atom is 0.341 e. The summed E-state index contributed by atoms with van der Waals surface area (Å²) in [5.74, 6) is -3.10. The van der Waals surface area contributed by atoms with Crippen LogP contribution in [-0.2, 0) is 31.9 Å². The molecule has 0 spiro atoms. The van der Waals surface area contributed by atoms with E-state index in [1.54, 1.807) is 20.8 Å². The Balaban J connectivity index is 1.52. The van der Waals surface area contributed by atoms with E-state index in [1.807, 2.05) is 0 Å². The molecule has 1 aliphatic heterocycles. The molecule has 14 heteroatoms. The molecule has 9 nitrogen and oxygen atoms in total. The molecule has 0 fully saturated rings.